The van der Waals surface area contributed by atoms with E-state index in [2.05, 4.69) is 5.32 Å². The van der Waals surface area contributed by atoms with Crippen molar-refractivity contribution in [1.29, 1.82) is 0 Å². The van der Waals surface area contributed by atoms with Crippen LogP contribution in [0.4, 0.5) is 20.2 Å². The van der Waals surface area contributed by atoms with Crippen molar-refractivity contribution >= 4 is 11.4 Å². The molecule has 1 aromatic rings. The summed E-state index contributed by atoms with van der Waals surface area (Å²) in [6.07, 6.45) is 4.60. The summed E-state index contributed by atoms with van der Waals surface area (Å²) >= 11 is 0. The van der Waals surface area contributed by atoms with Crippen molar-refractivity contribution in [1.82, 2.24) is 0 Å². The monoisotopic (exact) mass is 268 g/mol. The zero-order chi connectivity index (χ0) is 13.6. The summed E-state index contributed by atoms with van der Waals surface area (Å²) in [6.45, 7) is 0.545. The molecule has 2 saturated carbocycles. The normalized spacial score (nSPS) is 20.1. The SMILES string of the molecule is O=[N+]([O-])c1cc(F)c(NCC2(C3CC3)CC2)c(F)c1. The summed E-state index contributed by atoms with van der Waals surface area (Å²) in [5.74, 6) is -1.12. The molecule has 19 heavy (non-hydrogen) atoms. The lowest BCUT2D eigenvalue weighted by Gasteiger charge is -2.16. The zero-order valence-corrected chi connectivity index (χ0v) is 10.3. The average Bonchev–Trinajstić information content (AvgIpc) is 3.21. The number of nitrogens with one attached hydrogen (secondary N) is 1. The molecule has 2 aliphatic carbocycles. The molecule has 0 heterocycles. The lowest BCUT2D eigenvalue weighted by atomic mass is 10.0. The van der Waals surface area contributed by atoms with Crippen LogP contribution in [0, 0.1) is 33.1 Å². The summed E-state index contributed by atoms with van der Waals surface area (Å²) in [5.41, 5.74) is -0.609. The number of halogens is 2. The van der Waals surface area contributed by atoms with Gasteiger partial charge in [-0.3, -0.25) is 10.1 Å². The number of rotatable bonds is 5. The fourth-order valence-corrected chi connectivity index (χ4v) is 2.68. The van der Waals surface area contributed by atoms with E-state index in [0.29, 0.717) is 12.5 Å². The maximum Gasteiger partial charge on any atom is 0.275 e. The molecule has 1 aromatic carbocycles. The number of anilines is 1. The first-order chi connectivity index (χ1) is 9.02. The van der Waals surface area contributed by atoms with Crippen molar-refractivity contribution < 1.29 is 13.7 Å². The second-order valence-corrected chi connectivity index (χ2v) is 5.53. The van der Waals surface area contributed by atoms with Crippen LogP contribution >= 0.6 is 0 Å². The van der Waals surface area contributed by atoms with Gasteiger partial charge in [0.15, 0.2) is 11.6 Å². The van der Waals surface area contributed by atoms with Gasteiger partial charge in [-0.25, -0.2) is 8.78 Å². The summed E-state index contributed by atoms with van der Waals surface area (Å²) < 4.78 is 27.4. The summed E-state index contributed by atoms with van der Waals surface area (Å²) in [4.78, 5) is 9.69. The molecule has 0 aromatic heterocycles. The summed E-state index contributed by atoms with van der Waals surface area (Å²) in [6, 6.07) is 1.50. The second kappa shape index (κ2) is 4.15. The summed E-state index contributed by atoms with van der Waals surface area (Å²) in [5, 5.41) is 13.3. The second-order valence-electron chi connectivity index (χ2n) is 5.53. The van der Waals surface area contributed by atoms with Gasteiger partial charge in [-0.15, -0.1) is 0 Å². The Balaban J connectivity index is 1.75. The predicted octanol–water partition coefficient (Wildman–Crippen LogP) is 3.48. The van der Waals surface area contributed by atoms with Gasteiger partial charge in [0, 0.05) is 6.54 Å². The Kier molecular flexibility index (Phi) is 2.69. The highest BCUT2D eigenvalue weighted by molar-refractivity contribution is 5.52. The Morgan fingerprint density at radius 3 is 2.32 bits per heavy atom. The van der Waals surface area contributed by atoms with Gasteiger partial charge >= 0.3 is 0 Å². The van der Waals surface area contributed by atoms with Crippen LogP contribution in [-0.2, 0) is 0 Å². The predicted molar refractivity (Wildman–Crippen MR) is 65.9 cm³/mol. The number of nitrogens with zero attached hydrogens (tertiary/aromatic N) is 1. The number of benzene rings is 1. The number of nitro benzene ring substituents is 1. The van der Waals surface area contributed by atoms with Gasteiger partial charge in [0.1, 0.15) is 5.69 Å². The fraction of sp³-hybridized carbons (Fsp3) is 0.538. The fourth-order valence-electron chi connectivity index (χ4n) is 2.68. The first-order valence-electron chi connectivity index (χ1n) is 6.39. The zero-order valence-electron chi connectivity index (χ0n) is 10.3. The third-order valence-corrected chi connectivity index (χ3v) is 4.19. The molecule has 4 nitrogen and oxygen atoms in total. The van der Waals surface area contributed by atoms with Crippen molar-refractivity contribution in [3.63, 3.8) is 0 Å². The lowest BCUT2D eigenvalue weighted by Crippen LogP contribution is -2.18. The van der Waals surface area contributed by atoms with E-state index < -0.39 is 22.2 Å². The van der Waals surface area contributed by atoms with Crippen molar-refractivity contribution in [2.45, 2.75) is 25.7 Å². The van der Waals surface area contributed by atoms with Gasteiger partial charge in [0.05, 0.1) is 17.1 Å². The minimum Gasteiger partial charge on any atom is -0.380 e. The molecule has 0 atom stereocenters. The Morgan fingerprint density at radius 1 is 1.32 bits per heavy atom. The molecule has 2 fully saturated rings. The largest absolute Gasteiger partial charge is 0.380 e. The average molecular weight is 268 g/mol. The molecule has 0 radical (unpaired) electrons. The van der Waals surface area contributed by atoms with Crippen LogP contribution in [0.15, 0.2) is 12.1 Å². The summed E-state index contributed by atoms with van der Waals surface area (Å²) in [7, 11) is 0. The molecule has 102 valence electrons. The Morgan fingerprint density at radius 2 is 1.89 bits per heavy atom. The number of nitro groups is 1. The van der Waals surface area contributed by atoms with E-state index in [9.17, 15) is 18.9 Å². The van der Waals surface area contributed by atoms with E-state index in [4.69, 9.17) is 0 Å². The molecule has 6 heteroatoms. The van der Waals surface area contributed by atoms with E-state index >= 15 is 0 Å². The van der Waals surface area contributed by atoms with Crippen molar-refractivity contribution in [3.8, 4) is 0 Å². The molecule has 0 spiro atoms. The minimum absolute atomic E-state index is 0.209. The van der Waals surface area contributed by atoms with Crippen molar-refractivity contribution in [3.05, 3.63) is 33.9 Å². The van der Waals surface area contributed by atoms with Gasteiger partial charge in [0.2, 0.25) is 0 Å². The Hall–Kier alpha value is -1.72. The topological polar surface area (TPSA) is 55.2 Å². The number of hydrogen-bond acceptors (Lipinski definition) is 3. The first-order valence-corrected chi connectivity index (χ1v) is 6.39. The molecule has 0 unspecified atom stereocenters. The molecule has 1 N–H and O–H groups in total. The highest BCUT2D eigenvalue weighted by Gasteiger charge is 2.53. The Bertz CT molecular complexity index is 516. The van der Waals surface area contributed by atoms with Crippen LogP contribution in [0.25, 0.3) is 0 Å². The lowest BCUT2D eigenvalue weighted by molar-refractivity contribution is -0.385. The van der Waals surface area contributed by atoms with Crippen molar-refractivity contribution in [2.75, 3.05) is 11.9 Å². The van der Waals surface area contributed by atoms with Crippen LogP contribution in [0.5, 0.6) is 0 Å². The van der Waals surface area contributed by atoms with Crippen molar-refractivity contribution in [2.24, 2.45) is 11.3 Å². The van der Waals surface area contributed by atoms with E-state index in [1.54, 1.807) is 0 Å². The minimum atomic E-state index is -0.904. The maximum atomic E-state index is 13.7. The van der Waals surface area contributed by atoms with Gasteiger partial charge in [0.25, 0.3) is 5.69 Å². The highest BCUT2D eigenvalue weighted by Crippen LogP contribution is 2.61. The standard InChI is InChI=1S/C13H14F2N2O2/c14-10-5-9(17(18)19)6-11(15)12(10)16-7-13(3-4-13)8-1-2-8/h5-6,8,16H,1-4,7H2. The van der Waals surface area contributed by atoms with E-state index in [1.165, 1.54) is 12.8 Å². The smallest absolute Gasteiger partial charge is 0.275 e. The van der Waals surface area contributed by atoms with E-state index in [1.807, 2.05) is 0 Å². The maximum absolute atomic E-state index is 13.7. The molecule has 0 bridgehead atoms. The quantitative estimate of drug-likeness (QED) is 0.657. The molecular weight excluding hydrogens is 254 g/mol. The highest BCUT2D eigenvalue weighted by atomic mass is 19.1. The van der Waals surface area contributed by atoms with Gasteiger partial charge in [-0.2, -0.15) is 0 Å². The number of hydrogen-bond donors (Lipinski definition) is 1. The third-order valence-electron chi connectivity index (χ3n) is 4.19. The van der Waals surface area contributed by atoms with E-state index in [0.717, 1.165) is 25.0 Å². The molecule has 2 aliphatic rings. The van der Waals surface area contributed by atoms with E-state index in [-0.39, 0.29) is 11.1 Å². The molecule has 0 amide bonds. The van der Waals surface area contributed by atoms with Gasteiger partial charge in [-0.05, 0) is 37.0 Å². The van der Waals surface area contributed by atoms with Crippen LogP contribution in [-0.4, -0.2) is 11.5 Å². The first kappa shape index (κ1) is 12.3. The van der Waals surface area contributed by atoms with Gasteiger partial charge < -0.3 is 5.32 Å². The van der Waals surface area contributed by atoms with Crippen LogP contribution in [0.3, 0.4) is 0 Å². The third kappa shape index (κ3) is 2.27. The van der Waals surface area contributed by atoms with Crippen LogP contribution in [0.2, 0.25) is 0 Å². The molecule has 3 rings (SSSR count). The molecule has 0 saturated heterocycles. The molecular formula is C13H14F2N2O2. The van der Waals surface area contributed by atoms with Crippen LogP contribution < -0.4 is 5.32 Å². The molecule has 0 aliphatic heterocycles. The van der Waals surface area contributed by atoms with Gasteiger partial charge in [-0.1, -0.05) is 0 Å². The number of non-ortho nitro benzene ring substituents is 1. The Labute approximate surface area is 109 Å². The van der Waals surface area contributed by atoms with Crippen LogP contribution in [0.1, 0.15) is 25.7 Å².